The van der Waals surface area contributed by atoms with Crippen LogP contribution in [-0.2, 0) is 14.3 Å². The summed E-state index contributed by atoms with van der Waals surface area (Å²) in [5.41, 5.74) is 3.68. The maximum Gasteiger partial charge on any atom is 0.336 e. The van der Waals surface area contributed by atoms with Crippen molar-refractivity contribution in [2.24, 2.45) is 5.92 Å². The van der Waals surface area contributed by atoms with Crippen LogP contribution in [0.15, 0.2) is 65.0 Å². The normalized spacial score (nSPS) is 19.2. The molecule has 1 aliphatic carbocycles. The lowest BCUT2D eigenvalue weighted by Gasteiger charge is -2.36. The molecule has 2 aliphatic rings. The quantitative estimate of drug-likeness (QED) is 0.288. The summed E-state index contributed by atoms with van der Waals surface area (Å²) < 4.78 is 16.4. The van der Waals surface area contributed by atoms with Gasteiger partial charge in [-0.2, -0.15) is 0 Å². The van der Waals surface area contributed by atoms with Crippen molar-refractivity contribution < 1.29 is 28.7 Å². The number of non-ortho nitro benzene ring substituents is 1. The number of hydrogen-bond acceptors (Lipinski definition) is 8. The fraction of sp³-hybridized carbons (Fsp3) is 0.379. The van der Waals surface area contributed by atoms with Crippen LogP contribution in [0.4, 0.5) is 5.69 Å². The first kappa shape index (κ1) is 26.9. The monoisotopic (exact) mass is 520 g/mol. The highest BCUT2D eigenvalue weighted by Gasteiger charge is 2.41. The maximum absolute atomic E-state index is 13.8. The van der Waals surface area contributed by atoms with Crippen LogP contribution in [0.5, 0.6) is 11.5 Å². The van der Waals surface area contributed by atoms with Gasteiger partial charge < -0.3 is 19.5 Å². The Morgan fingerprint density at radius 1 is 1.05 bits per heavy atom. The maximum atomic E-state index is 13.8. The van der Waals surface area contributed by atoms with E-state index in [0.29, 0.717) is 40.3 Å². The number of benzene rings is 2. The van der Waals surface area contributed by atoms with E-state index in [0.717, 1.165) is 11.3 Å². The number of allylic oxidation sites excluding steroid dienone is 3. The molecule has 2 aromatic carbocycles. The average molecular weight is 521 g/mol. The summed E-state index contributed by atoms with van der Waals surface area (Å²) in [6.07, 6.45) is 0.790. The second-order valence-electron chi connectivity index (χ2n) is 9.97. The molecular weight excluding hydrogens is 488 g/mol. The van der Waals surface area contributed by atoms with E-state index in [2.05, 4.69) is 5.32 Å². The molecule has 0 spiro atoms. The minimum atomic E-state index is -0.689. The highest BCUT2D eigenvalue weighted by Crippen LogP contribution is 2.46. The summed E-state index contributed by atoms with van der Waals surface area (Å²) in [5.74, 6) is -0.0575. The predicted octanol–water partition coefficient (Wildman–Crippen LogP) is 5.17. The summed E-state index contributed by atoms with van der Waals surface area (Å²) in [5, 5.41) is 14.6. The second-order valence-corrected chi connectivity index (χ2v) is 9.97. The van der Waals surface area contributed by atoms with Gasteiger partial charge in [0, 0.05) is 41.4 Å². The highest BCUT2D eigenvalue weighted by atomic mass is 16.6. The van der Waals surface area contributed by atoms with Gasteiger partial charge in [-0.1, -0.05) is 32.0 Å². The topological polar surface area (TPSA) is 117 Å². The molecule has 9 heteroatoms. The molecular formula is C29H32N2O7. The molecule has 1 N–H and O–H groups in total. The number of carbonyl (C=O) groups is 2. The molecule has 0 fully saturated rings. The zero-order valence-corrected chi connectivity index (χ0v) is 22.2. The van der Waals surface area contributed by atoms with E-state index in [-0.39, 0.29) is 36.3 Å². The molecule has 0 saturated heterocycles. The van der Waals surface area contributed by atoms with Crippen LogP contribution < -0.4 is 14.8 Å². The number of Topliss-reactive ketones (excluding diaryl/α,β-unsaturated/α-hetero) is 1. The van der Waals surface area contributed by atoms with E-state index in [9.17, 15) is 19.7 Å². The Bertz CT molecular complexity index is 1320. The number of dihydropyridines is 1. The van der Waals surface area contributed by atoms with Gasteiger partial charge in [0.2, 0.25) is 0 Å². The molecule has 200 valence electrons. The minimum absolute atomic E-state index is 0.0648. The van der Waals surface area contributed by atoms with Crippen LogP contribution in [0.3, 0.4) is 0 Å². The number of nitro benzene ring substituents is 1. The number of esters is 1. The van der Waals surface area contributed by atoms with Crippen molar-refractivity contribution >= 4 is 17.4 Å². The molecule has 0 aromatic heterocycles. The number of methoxy groups -OCH3 is 2. The zero-order chi connectivity index (χ0) is 27.6. The van der Waals surface area contributed by atoms with E-state index in [1.165, 1.54) is 12.1 Å². The van der Waals surface area contributed by atoms with E-state index in [1.807, 2.05) is 32.0 Å². The smallest absolute Gasteiger partial charge is 0.336 e. The van der Waals surface area contributed by atoms with E-state index in [1.54, 1.807) is 33.3 Å². The largest absolute Gasteiger partial charge is 0.493 e. The lowest BCUT2D eigenvalue weighted by atomic mass is 9.71. The van der Waals surface area contributed by atoms with Crippen molar-refractivity contribution in [3.8, 4) is 11.5 Å². The summed E-state index contributed by atoms with van der Waals surface area (Å²) in [4.78, 5) is 37.8. The fourth-order valence-corrected chi connectivity index (χ4v) is 5.09. The molecule has 2 aromatic rings. The lowest BCUT2D eigenvalue weighted by Crippen LogP contribution is -2.36. The summed E-state index contributed by atoms with van der Waals surface area (Å²) in [6.45, 7) is 5.92. The van der Waals surface area contributed by atoms with Gasteiger partial charge >= 0.3 is 5.97 Å². The average Bonchev–Trinajstić information content (AvgIpc) is 2.90. The van der Waals surface area contributed by atoms with Crippen molar-refractivity contribution in [3.63, 3.8) is 0 Å². The SMILES string of the molecule is COc1ccc(C2CC(=O)C3=C(C2)NC(C)=C(C(=O)OCC(C)C)C3c2ccc([N+](=O)[O-])cc2)cc1OC. The molecule has 0 radical (unpaired) electrons. The van der Waals surface area contributed by atoms with Gasteiger partial charge in [-0.15, -0.1) is 0 Å². The molecule has 0 amide bonds. The molecule has 1 aliphatic heterocycles. The zero-order valence-electron chi connectivity index (χ0n) is 22.2. The number of rotatable bonds is 8. The number of nitrogens with one attached hydrogen (secondary N) is 1. The van der Waals surface area contributed by atoms with Gasteiger partial charge in [0.15, 0.2) is 17.3 Å². The van der Waals surface area contributed by atoms with Gasteiger partial charge in [0.05, 0.1) is 31.3 Å². The molecule has 38 heavy (non-hydrogen) atoms. The third kappa shape index (κ3) is 5.27. The summed E-state index contributed by atoms with van der Waals surface area (Å²) in [6, 6.07) is 11.6. The molecule has 2 atom stereocenters. The first-order valence-electron chi connectivity index (χ1n) is 12.5. The molecule has 0 bridgehead atoms. The first-order valence-corrected chi connectivity index (χ1v) is 12.5. The van der Waals surface area contributed by atoms with Crippen LogP contribution in [0.1, 0.15) is 56.6 Å². The van der Waals surface area contributed by atoms with Crippen molar-refractivity contribution in [3.05, 3.63) is 86.2 Å². The Balaban J connectivity index is 1.76. The minimum Gasteiger partial charge on any atom is -0.493 e. The number of ether oxygens (including phenoxy) is 3. The number of hydrogen-bond donors (Lipinski definition) is 1. The van der Waals surface area contributed by atoms with Crippen molar-refractivity contribution in [2.45, 2.75) is 45.4 Å². The van der Waals surface area contributed by atoms with E-state index < -0.39 is 16.8 Å². The van der Waals surface area contributed by atoms with Gasteiger partial charge in [0.1, 0.15) is 0 Å². The second kappa shape index (κ2) is 11.1. The van der Waals surface area contributed by atoms with Crippen molar-refractivity contribution in [1.82, 2.24) is 5.32 Å². The van der Waals surface area contributed by atoms with Gasteiger partial charge in [-0.3, -0.25) is 14.9 Å². The Hall–Kier alpha value is -4.14. The van der Waals surface area contributed by atoms with Crippen molar-refractivity contribution in [1.29, 1.82) is 0 Å². The van der Waals surface area contributed by atoms with E-state index >= 15 is 0 Å². The number of nitrogens with zero attached hydrogens (tertiary/aromatic N) is 1. The number of nitro groups is 1. The third-order valence-corrected chi connectivity index (χ3v) is 6.91. The Morgan fingerprint density at radius 3 is 2.32 bits per heavy atom. The molecule has 4 rings (SSSR count). The number of carbonyl (C=O) groups excluding carboxylic acids is 2. The lowest BCUT2D eigenvalue weighted by molar-refractivity contribution is -0.384. The van der Waals surface area contributed by atoms with Crippen LogP contribution in [-0.4, -0.2) is 37.5 Å². The Morgan fingerprint density at radius 2 is 1.71 bits per heavy atom. The van der Waals surface area contributed by atoms with Gasteiger partial charge in [-0.25, -0.2) is 4.79 Å². The predicted molar refractivity (Wildman–Crippen MR) is 141 cm³/mol. The van der Waals surface area contributed by atoms with Gasteiger partial charge in [-0.05, 0) is 48.4 Å². The standard InChI is InChI=1S/C29H32N2O7/c1-16(2)15-38-29(33)26-17(3)30-22-12-20(19-8-11-24(36-4)25(14-19)37-5)13-23(32)28(22)27(26)18-6-9-21(10-7-18)31(34)35/h6-11,14,16,20,27,30H,12-13,15H2,1-5H3. The number of ketones is 1. The highest BCUT2D eigenvalue weighted by molar-refractivity contribution is 6.04. The molecule has 0 saturated carbocycles. The van der Waals surface area contributed by atoms with Crippen LogP contribution in [0.25, 0.3) is 0 Å². The van der Waals surface area contributed by atoms with Crippen LogP contribution >= 0.6 is 0 Å². The van der Waals surface area contributed by atoms with Crippen molar-refractivity contribution in [2.75, 3.05) is 20.8 Å². The third-order valence-electron chi connectivity index (χ3n) is 6.91. The Labute approximate surface area is 221 Å². The molecule has 9 nitrogen and oxygen atoms in total. The summed E-state index contributed by atoms with van der Waals surface area (Å²) in [7, 11) is 3.14. The molecule has 2 unspecified atom stereocenters. The fourth-order valence-electron chi connectivity index (χ4n) is 5.09. The van der Waals surface area contributed by atoms with Gasteiger partial charge in [0.25, 0.3) is 5.69 Å². The van der Waals surface area contributed by atoms with Crippen LogP contribution in [0.2, 0.25) is 0 Å². The summed E-state index contributed by atoms with van der Waals surface area (Å²) >= 11 is 0. The molecule has 1 heterocycles. The van der Waals surface area contributed by atoms with E-state index in [4.69, 9.17) is 14.2 Å². The first-order chi connectivity index (χ1) is 18.1. The Kier molecular flexibility index (Phi) is 7.85. The van der Waals surface area contributed by atoms with Crippen LogP contribution in [0, 0.1) is 16.0 Å².